The van der Waals surface area contributed by atoms with Crippen LogP contribution in [-0.4, -0.2) is 17.1 Å². The Hall–Kier alpha value is 0.310. The molecule has 3 nitrogen and oxygen atoms in total. The van der Waals surface area contributed by atoms with E-state index in [0.717, 1.165) is 38.5 Å². The second kappa shape index (κ2) is 10.5. The van der Waals surface area contributed by atoms with Crippen molar-refractivity contribution in [2.75, 3.05) is 0 Å². The minimum absolute atomic E-state index is 0.0921. The van der Waals surface area contributed by atoms with E-state index in [1.54, 1.807) is 0 Å². The molecule has 98 valence electrons. The van der Waals surface area contributed by atoms with Crippen molar-refractivity contribution < 1.29 is 13.9 Å². The summed E-state index contributed by atoms with van der Waals surface area (Å²) in [5.41, 5.74) is 0. The van der Waals surface area contributed by atoms with Crippen LogP contribution in [0.15, 0.2) is 0 Å². The summed E-state index contributed by atoms with van der Waals surface area (Å²) >= 11 is 0. The largest absolute Gasteiger partial charge is 0.330 e. The van der Waals surface area contributed by atoms with Crippen LogP contribution < -0.4 is 0 Å². The number of hydrogen-bond acceptors (Lipinski definition) is 3. The van der Waals surface area contributed by atoms with Gasteiger partial charge in [-0.3, -0.25) is 0 Å². The van der Waals surface area contributed by atoms with E-state index in [2.05, 4.69) is 13.8 Å². The molecule has 0 radical (unpaired) electrons. The van der Waals surface area contributed by atoms with Gasteiger partial charge in [0, 0.05) is 0 Å². The first-order valence-electron chi connectivity index (χ1n) is 6.42. The molecule has 0 fully saturated rings. The molecular formula is C12H27O3P. The zero-order chi connectivity index (χ0) is 12.4. The quantitative estimate of drug-likeness (QED) is 0.584. The van der Waals surface area contributed by atoms with Crippen LogP contribution in [0.25, 0.3) is 0 Å². The summed E-state index contributed by atoms with van der Waals surface area (Å²) in [6.07, 6.45) is 6.75. The van der Waals surface area contributed by atoms with Gasteiger partial charge in [0.05, 0.1) is 12.2 Å². The molecule has 0 amide bonds. The third-order valence-electron chi connectivity index (χ3n) is 2.47. The average molecular weight is 250 g/mol. The Morgan fingerprint density at radius 2 is 1.31 bits per heavy atom. The van der Waals surface area contributed by atoms with Crippen molar-refractivity contribution in [3.05, 3.63) is 0 Å². The number of hydrogen-bond donors (Lipinski definition) is 1. The van der Waals surface area contributed by atoms with Gasteiger partial charge in [-0.1, -0.05) is 39.5 Å². The molecule has 0 heterocycles. The maximum Gasteiger partial charge on any atom is 0.330 e. The first-order chi connectivity index (χ1) is 7.60. The van der Waals surface area contributed by atoms with Gasteiger partial charge >= 0.3 is 8.60 Å². The van der Waals surface area contributed by atoms with Gasteiger partial charge in [-0.15, -0.1) is 0 Å². The lowest BCUT2D eigenvalue weighted by atomic mass is 10.2. The third kappa shape index (κ3) is 9.53. The first-order valence-corrected chi connectivity index (χ1v) is 7.55. The van der Waals surface area contributed by atoms with Gasteiger partial charge < -0.3 is 13.9 Å². The molecule has 0 aliphatic rings. The number of rotatable bonds is 10. The van der Waals surface area contributed by atoms with Gasteiger partial charge in [0.1, 0.15) is 0 Å². The SMILES string of the molecule is CCCCC(C)OP(O)OC(C)CCCC. The molecule has 16 heavy (non-hydrogen) atoms. The second-order valence-corrected chi connectivity index (χ2v) is 5.25. The smallest absolute Gasteiger partial charge is 0.328 e. The predicted molar refractivity (Wildman–Crippen MR) is 69.3 cm³/mol. The second-order valence-electron chi connectivity index (χ2n) is 4.35. The fourth-order valence-electron chi connectivity index (χ4n) is 1.42. The maximum absolute atomic E-state index is 9.61. The van der Waals surface area contributed by atoms with E-state index in [1.165, 1.54) is 0 Å². The van der Waals surface area contributed by atoms with Gasteiger partial charge in [0.2, 0.25) is 0 Å². The normalized spacial score (nSPS) is 17.1. The highest BCUT2D eigenvalue weighted by Crippen LogP contribution is 2.37. The Balaban J connectivity index is 3.58. The van der Waals surface area contributed by atoms with Crippen LogP contribution in [0.3, 0.4) is 0 Å². The van der Waals surface area contributed by atoms with Crippen molar-refractivity contribution in [2.24, 2.45) is 0 Å². The standard InChI is InChI=1S/C12H27O3P/c1-5-7-9-11(3)14-16(13)15-12(4)10-8-6-2/h11-13H,5-10H2,1-4H3. The van der Waals surface area contributed by atoms with Gasteiger partial charge in [-0.25, -0.2) is 0 Å². The summed E-state index contributed by atoms with van der Waals surface area (Å²) in [5, 5.41) is 0. The van der Waals surface area contributed by atoms with Crippen molar-refractivity contribution in [3.8, 4) is 0 Å². The van der Waals surface area contributed by atoms with E-state index in [1.807, 2.05) is 13.8 Å². The molecule has 2 atom stereocenters. The van der Waals surface area contributed by atoms with Gasteiger partial charge in [-0.2, -0.15) is 0 Å². The third-order valence-corrected chi connectivity index (χ3v) is 3.55. The summed E-state index contributed by atoms with van der Waals surface area (Å²) in [6, 6.07) is 0. The van der Waals surface area contributed by atoms with Crippen LogP contribution in [0, 0.1) is 0 Å². The fraction of sp³-hybridized carbons (Fsp3) is 1.00. The molecule has 0 saturated carbocycles. The van der Waals surface area contributed by atoms with Crippen LogP contribution >= 0.6 is 8.60 Å². The Kier molecular flexibility index (Phi) is 10.7. The molecular weight excluding hydrogens is 223 g/mol. The summed E-state index contributed by atoms with van der Waals surface area (Å²) < 4.78 is 10.8. The summed E-state index contributed by atoms with van der Waals surface area (Å²) in [6.45, 7) is 8.28. The molecule has 0 aromatic heterocycles. The lowest BCUT2D eigenvalue weighted by molar-refractivity contribution is 0.115. The lowest BCUT2D eigenvalue weighted by Gasteiger charge is -2.19. The average Bonchev–Trinajstić information content (AvgIpc) is 2.23. The zero-order valence-corrected chi connectivity index (χ0v) is 12.0. The molecule has 0 aliphatic carbocycles. The monoisotopic (exact) mass is 250 g/mol. The van der Waals surface area contributed by atoms with Crippen molar-refractivity contribution in [3.63, 3.8) is 0 Å². The topological polar surface area (TPSA) is 38.7 Å². The molecule has 4 heteroatoms. The molecule has 2 unspecified atom stereocenters. The van der Waals surface area contributed by atoms with Gasteiger partial charge in [0.25, 0.3) is 0 Å². The summed E-state index contributed by atoms with van der Waals surface area (Å²) in [5.74, 6) is 0. The van der Waals surface area contributed by atoms with Crippen LogP contribution in [0.2, 0.25) is 0 Å². The minimum Gasteiger partial charge on any atom is -0.328 e. The molecule has 0 spiro atoms. The van der Waals surface area contributed by atoms with Gasteiger partial charge in [0.15, 0.2) is 0 Å². The molecule has 1 N–H and O–H groups in total. The predicted octanol–water partition coefficient (Wildman–Crippen LogP) is 4.40. The highest BCUT2D eigenvalue weighted by atomic mass is 31.2. The molecule has 0 saturated heterocycles. The van der Waals surface area contributed by atoms with E-state index in [9.17, 15) is 4.89 Å². The van der Waals surface area contributed by atoms with Crippen LogP contribution in [0.1, 0.15) is 66.2 Å². The molecule has 0 rings (SSSR count). The Bertz CT molecular complexity index is 139. The molecule has 0 aromatic carbocycles. The van der Waals surface area contributed by atoms with Crippen molar-refractivity contribution in [1.82, 2.24) is 0 Å². The van der Waals surface area contributed by atoms with E-state index >= 15 is 0 Å². The zero-order valence-electron chi connectivity index (χ0n) is 11.1. The Labute approximate surface area is 102 Å². The highest BCUT2D eigenvalue weighted by molar-refractivity contribution is 7.40. The Morgan fingerprint density at radius 1 is 0.938 bits per heavy atom. The van der Waals surface area contributed by atoms with Gasteiger partial charge in [-0.05, 0) is 26.7 Å². The van der Waals surface area contributed by atoms with E-state index in [0.29, 0.717) is 0 Å². The summed E-state index contributed by atoms with van der Waals surface area (Å²) in [7, 11) is -1.69. The number of unbranched alkanes of at least 4 members (excludes halogenated alkanes) is 2. The summed E-state index contributed by atoms with van der Waals surface area (Å²) in [4.78, 5) is 9.61. The molecule has 0 aromatic rings. The molecule has 0 aliphatic heterocycles. The van der Waals surface area contributed by atoms with Crippen LogP contribution in [0.5, 0.6) is 0 Å². The van der Waals surface area contributed by atoms with Crippen LogP contribution in [-0.2, 0) is 9.05 Å². The molecule has 0 bridgehead atoms. The fourth-order valence-corrected chi connectivity index (χ4v) is 2.30. The van der Waals surface area contributed by atoms with E-state index < -0.39 is 8.60 Å². The van der Waals surface area contributed by atoms with Crippen LogP contribution in [0.4, 0.5) is 0 Å². The maximum atomic E-state index is 9.61. The Morgan fingerprint density at radius 3 is 1.62 bits per heavy atom. The first kappa shape index (κ1) is 16.3. The lowest BCUT2D eigenvalue weighted by Crippen LogP contribution is -2.09. The van der Waals surface area contributed by atoms with E-state index in [-0.39, 0.29) is 12.2 Å². The van der Waals surface area contributed by atoms with E-state index in [4.69, 9.17) is 9.05 Å². The van der Waals surface area contributed by atoms with Crippen molar-refractivity contribution in [1.29, 1.82) is 0 Å². The van der Waals surface area contributed by atoms with Crippen molar-refractivity contribution in [2.45, 2.75) is 78.4 Å². The van der Waals surface area contributed by atoms with Crippen molar-refractivity contribution >= 4 is 8.60 Å². The highest BCUT2D eigenvalue weighted by Gasteiger charge is 2.15. The minimum atomic E-state index is -1.69.